The Bertz CT molecular complexity index is 1170. The molecule has 1 unspecified atom stereocenters. The van der Waals surface area contributed by atoms with E-state index >= 15 is 0 Å². The zero-order valence-corrected chi connectivity index (χ0v) is 21.9. The molecule has 1 fully saturated rings. The van der Waals surface area contributed by atoms with Crippen LogP contribution in [0.3, 0.4) is 0 Å². The molecule has 12 heteroatoms. The highest BCUT2D eigenvalue weighted by Crippen LogP contribution is 2.35. The van der Waals surface area contributed by atoms with Crippen molar-refractivity contribution in [2.75, 3.05) is 36.4 Å². The van der Waals surface area contributed by atoms with Crippen molar-refractivity contribution in [3.8, 4) is 0 Å². The first-order valence-corrected chi connectivity index (χ1v) is 14.5. The number of benzene rings is 2. The molecule has 1 heterocycles. The van der Waals surface area contributed by atoms with E-state index in [2.05, 4.69) is 0 Å². The Kier molecular flexibility index (Phi) is 8.94. The molecule has 0 spiro atoms. The number of ether oxygens (including phenoxy) is 1. The van der Waals surface area contributed by atoms with Crippen molar-refractivity contribution >= 4 is 60.5 Å². The molecule has 0 radical (unpaired) electrons. The molecule has 0 bridgehead atoms. The molecule has 1 saturated heterocycles. The predicted molar refractivity (Wildman–Crippen MR) is 132 cm³/mol. The number of sulfonamides is 2. The van der Waals surface area contributed by atoms with E-state index in [-0.39, 0.29) is 27.8 Å². The highest BCUT2D eigenvalue weighted by atomic mass is 35.5. The van der Waals surface area contributed by atoms with Crippen molar-refractivity contribution in [2.24, 2.45) is 0 Å². The summed E-state index contributed by atoms with van der Waals surface area (Å²) in [6.45, 7) is 3.11. The first kappa shape index (κ1) is 26.5. The molecule has 1 aliphatic heterocycles. The summed E-state index contributed by atoms with van der Waals surface area (Å²) in [4.78, 5) is 0.0377. The Hall–Kier alpha value is -1.07. The number of nitrogens with zero attached hydrogens (tertiary/aromatic N) is 2. The van der Waals surface area contributed by atoms with Crippen molar-refractivity contribution < 1.29 is 21.6 Å². The molecular formula is C21H25Cl3N2O5S2. The lowest BCUT2D eigenvalue weighted by Gasteiger charge is -2.32. The van der Waals surface area contributed by atoms with Crippen LogP contribution >= 0.6 is 34.8 Å². The standard InChI is InChI=1S/C21H25Cl3N2O5S2/c1-16(3-2-14-32(27,28)25-10-12-31-13-11-25)26(21-15-18(23)6-9-20(21)24)33(29,30)19-7-4-17(22)5-8-19/h4-9,15-16H,2-3,10-14H2,1H3. The van der Waals surface area contributed by atoms with E-state index in [0.29, 0.717) is 42.8 Å². The van der Waals surface area contributed by atoms with Crippen LogP contribution in [0.15, 0.2) is 47.4 Å². The molecule has 0 amide bonds. The van der Waals surface area contributed by atoms with Crippen molar-refractivity contribution in [2.45, 2.75) is 30.7 Å². The fraction of sp³-hybridized carbons (Fsp3) is 0.429. The van der Waals surface area contributed by atoms with Gasteiger partial charge in [0.15, 0.2) is 0 Å². The van der Waals surface area contributed by atoms with Gasteiger partial charge in [0.1, 0.15) is 0 Å². The molecule has 33 heavy (non-hydrogen) atoms. The lowest BCUT2D eigenvalue weighted by atomic mass is 10.2. The summed E-state index contributed by atoms with van der Waals surface area (Å²) in [7, 11) is -7.49. The fourth-order valence-corrected chi connectivity index (χ4v) is 7.35. The number of halogens is 3. The van der Waals surface area contributed by atoms with Crippen LogP contribution in [0.5, 0.6) is 0 Å². The van der Waals surface area contributed by atoms with E-state index in [1.807, 2.05) is 0 Å². The minimum Gasteiger partial charge on any atom is -0.379 e. The summed E-state index contributed by atoms with van der Waals surface area (Å²) in [5.41, 5.74) is 0.225. The molecule has 1 aliphatic rings. The fourth-order valence-electron chi connectivity index (χ4n) is 3.61. The van der Waals surface area contributed by atoms with Gasteiger partial charge in [0.05, 0.1) is 34.6 Å². The lowest BCUT2D eigenvalue weighted by Crippen LogP contribution is -2.42. The Labute approximate surface area is 210 Å². The topological polar surface area (TPSA) is 84.0 Å². The second-order valence-electron chi connectivity index (χ2n) is 7.67. The first-order chi connectivity index (χ1) is 15.5. The summed E-state index contributed by atoms with van der Waals surface area (Å²) < 4.78 is 60.3. The Balaban J connectivity index is 1.86. The zero-order chi connectivity index (χ0) is 24.2. The predicted octanol–water partition coefficient (Wildman–Crippen LogP) is 4.67. The van der Waals surface area contributed by atoms with Gasteiger partial charge in [-0.3, -0.25) is 4.31 Å². The molecule has 182 valence electrons. The van der Waals surface area contributed by atoms with E-state index in [1.54, 1.807) is 13.0 Å². The van der Waals surface area contributed by atoms with E-state index in [0.717, 1.165) is 0 Å². The maximum absolute atomic E-state index is 13.6. The van der Waals surface area contributed by atoms with Gasteiger partial charge in [-0.2, -0.15) is 4.31 Å². The second kappa shape index (κ2) is 11.1. The van der Waals surface area contributed by atoms with Gasteiger partial charge in [0.2, 0.25) is 10.0 Å². The average Bonchev–Trinajstić information content (AvgIpc) is 2.77. The third kappa shape index (κ3) is 6.54. The van der Waals surface area contributed by atoms with Crippen molar-refractivity contribution in [3.05, 3.63) is 57.5 Å². The van der Waals surface area contributed by atoms with Gasteiger partial charge >= 0.3 is 0 Å². The quantitative estimate of drug-likeness (QED) is 0.449. The molecule has 0 aliphatic carbocycles. The number of rotatable bonds is 9. The van der Waals surface area contributed by atoms with E-state index in [9.17, 15) is 16.8 Å². The van der Waals surface area contributed by atoms with E-state index in [4.69, 9.17) is 39.5 Å². The Morgan fingerprint density at radius 1 is 0.970 bits per heavy atom. The smallest absolute Gasteiger partial charge is 0.264 e. The summed E-state index contributed by atoms with van der Waals surface area (Å²) in [5.74, 6) is -0.0878. The maximum Gasteiger partial charge on any atom is 0.264 e. The van der Waals surface area contributed by atoms with Gasteiger partial charge in [0.25, 0.3) is 10.0 Å². The number of anilines is 1. The van der Waals surface area contributed by atoms with Gasteiger partial charge in [-0.25, -0.2) is 16.8 Å². The van der Waals surface area contributed by atoms with Crippen molar-refractivity contribution in [1.29, 1.82) is 0 Å². The second-order valence-corrected chi connectivity index (χ2v) is 12.9. The summed E-state index contributed by atoms with van der Waals surface area (Å²) in [6.07, 6.45) is 0.560. The number of morpholine rings is 1. The zero-order valence-electron chi connectivity index (χ0n) is 18.0. The van der Waals surface area contributed by atoms with Gasteiger partial charge in [0, 0.05) is 29.2 Å². The summed E-state index contributed by atoms with van der Waals surface area (Å²) in [5, 5.41) is 0.945. The third-order valence-corrected chi connectivity index (χ3v) is 10.0. The molecule has 2 aromatic rings. The highest BCUT2D eigenvalue weighted by Gasteiger charge is 2.32. The van der Waals surface area contributed by atoms with E-state index < -0.39 is 26.1 Å². The molecule has 0 saturated carbocycles. The highest BCUT2D eigenvalue weighted by molar-refractivity contribution is 7.93. The van der Waals surface area contributed by atoms with Gasteiger partial charge < -0.3 is 4.74 Å². The molecular weight excluding hydrogens is 531 g/mol. The first-order valence-electron chi connectivity index (χ1n) is 10.3. The van der Waals surface area contributed by atoms with Gasteiger partial charge in [-0.1, -0.05) is 34.8 Å². The largest absolute Gasteiger partial charge is 0.379 e. The van der Waals surface area contributed by atoms with Crippen molar-refractivity contribution in [1.82, 2.24) is 4.31 Å². The lowest BCUT2D eigenvalue weighted by molar-refractivity contribution is 0.0730. The van der Waals surface area contributed by atoms with Crippen LogP contribution in [-0.4, -0.2) is 59.2 Å². The van der Waals surface area contributed by atoms with Crippen LogP contribution in [0.4, 0.5) is 5.69 Å². The molecule has 1 atom stereocenters. The van der Waals surface area contributed by atoms with Crippen LogP contribution in [0.2, 0.25) is 15.1 Å². The third-order valence-electron chi connectivity index (χ3n) is 5.30. The summed E-state index contributed by atoms with van der Waals surface area (Å²) >= 11 is 18.4. The molecule has 3 rings (SSSR count). The molecule has 7 nitrogen and oxygen atoms in total. The maximum atomic E-state index is 13.6. The van der Waals surface area contributed by atoms with Crippen LogP contribution < -0.4 is 4.31 Å². The number of hydrogen-bond donors (Lipinski definition) is 0. The van der Waals surface area contributed by atoms with Crippen LogP contribution in [0.25, 0.3) is 0 Å². The summed E-state index contributed by atoms with van der Waals surface area (Å²) in [6, 6.07) is 9.80. The van der Waals surface area contributed by atoms with Gasteiger partial charge in [-0.15, -0.1) is 0 Å². The normalized spacial score (nSPS) is 16.5. The van der Waals surface area contributed by atoms with Crippen LogP contribution in [0.1, 0.15) is 19.8 Å². The van der Waals surface area contributed by atoms with E-state index in [1.165, 1.54) is 45.0 Å². The van der Waals surface area contributed by atoms with Crippen molar-refractivity contribution in [3.63, 3.8) is 0 Å². The molecule has 0 N–H and O–H groups in total. The Morgan fingerprint density at radius 2 is 1.58 bits per heavy atom. The molecule has 2 aromatic carbocycles. The van der Waals surface area contributed by atoms with Crippen LogP contribution in [0, 0.1) is 0 Å². The SMILES string of the molecule is CC(CCCS(=O)(=O)N1CCOCC1)N(c1cc(Cl)ccc1Cl)S(=O)(=O)c1ccc(Cl)cc1. The minimum absolute atomic E-state index is 0.0377. The van der Waals surface area contributed by atoms with Gasteiger partial charge in [-0.05, 0) is 62.2 Å². The molecule has 0 aromatic heterocycles. The van der Waals surface area contributed by atoms with Crippen LogP contribution in [-0.2, 0) is 24.8 Å². The average molecular weight is 556 g/mol. The number of hydrogen-bond acceptors (Lipinski definition) is 5. The monoisotopic (exact) mass is 554 g/mol. The minimum atomic E-state index is -4.04. The Morgan fingerprint density at radius 3 is 2.21 bits per heavy atom.